The molecule has 1 aliphatic heterocycles. The average Bonchev–Trinajstić information content (AvgIpc) is 3.09. The predicted octanol–water partition coefficient (Wildman–Crippen LogP) is 2.72. The van der Waals surface area contributed by atoms with Crippen molar-refractivity contribution in [2.45, 2.75) is 17.5 Å². The van der Waals surface area contributed by atoms with Gasteiger partial charge in [0.25, 0.3) is 10.0 Å². The van der Waals surface area contributed by atoms with Crippen molar-refractivity contribution in [1.82, 2.24) is 9.29 Å². The van der Waals surface area contributed by atoms with E-state index in [9.17, 15) is 8.42 Å². The summed E-state index contributed by atoms with van der Waals surface area (Å²) in [4.78, 5) is 4.28. The minimum Gasteiger partial charge on any atom is -0.326 e. The summed E-state index contributed by atoms with van der Waals surface area (Å²) < 4.78 is 27.4. The molecule has 1 atom stereocenters. The van der Waals surface area contributed by atoms with Crippen LogP contribution in [0, 0.1) is 0 Å². The summed E-state index contributed by atoms with van der Waals surface area (Å²) in [5, 5.41) is 2.40. The molecule has 1 saturated heterocycles. The van der Waals surface area contributed by atoms with Crippen LogP contribution in [0.3, 0.4) is 0 Å². The smallest absolute Gasteiger partial charge is 0.261 e. The van der Waals surface area contributed by atoms with E-state index in [1.807, 2.05) is 24.3 Å². The van der Waals surface area contributed by atoms with Crippen molar-refractivity contribution in [2.24, 2.45) is 5.73 Å². The van der Waals surface area contributed by atoms with Gasteiger partial charge in [0.2, 0.25) is 0 Å². The van der Waals surface area contributed by atoms with Gasteiger partial charge in [0.1, 0.15) is 5.01 Å². The molecule has 0 saturated carbocycles. The first-order valence-corrected chi connectivity index (χ1v) is 9.55. The van der Waals surface area contributed by atoms with Gasteiger partial charge in [-0.05, 0) is 18.6 Å². The van der Waals surface area contributed by atoms with E-state index in [0.29, 0.717) is 24.5 Å². The zero-order chi connectivity index (χ0) is 15.0. The van der Waals surface area contributed by atoms with Crippen molar-refractivity contribution < 1.29 is 8.42 Å². The third kappa shape index (κ3) is 3.52. The number of nitrogens with zero attached hydrogens (tertiary/aromatic N) is 2. The van der Waals surface area contributed by atoms with Crippen LogP contribution in [-0.2, 0) is 10.0 Å². The van der Waals surface area contributed by atoms with Gasteiger partial charge < -0.3 is 5.73 Å². The second-order valence-electron chi connectivity index (χ2n) is 4.91. The molecule has 1 aromatic carbocycles. The Morgan fingerprint density at radius 1 is 1.32 bits per heavy atom. The molecular weight excluding hydrogens is 410 g/mol. The first-order chi connectivity index (χ1) is 9.96. The summed E-state index contributed by atoms with van der Waals surface area (Å²) in [6.45, 7) is 0.835. The lowest BCUT2D eigenvalue weighted by atomic mass is 10.2. The van der Waals surface area contributed by atoms with Crippen molar-refractivity contribution in [1.29, 1.82) is 0 Å². The number of benzene rings is 1. The van der Waals surface area contributed by atoms with E-state index in [1.165, 1.54) is 15.6 Å². The fourth-order valence-corrected chi connectivity index (χ4v) is 5.05. The van der Waals surface area contributed by atoms with Gasteiger partial charge in [-0.3, -0.25) is 0 Å². The number of thiazole rings is 1. The number of sulfonamides is 1. The lowest BCUT2D eigenvalue weighted by Crippen LogP contribution is -2.32. The van der Waals surface area contributed by atoms with Crippen molar-refractivity contribution in [3.8, 4) is 10.6 Å². The van der Waals surface area contributed by atoms with E-state index in [-0.39, 0.29) is 23.5 Å². The van der Waals surface area contributed by atoms with Gasteiger partial charge in [-0.2, -0.15) is 4.31 Å². The maximum atomic E-state index is 12.5. The zero-order valence-corrected chi connectivity index (χ0v) is 15.5. The number of nitrogens with two attached hydrogens (primary N) is 1. The van der Waals surface area contributed by atoms with Crippen LogP contribution in [0.5, 0.6) is 0 Å². The summed E-state index contributed by atoms with van der Waals surface area (Å²) in [5.41, 5.74) is 6.69. The molecule has 3 rings (SSSR count). The molecule has 1 fully saturated rings. The molecule has 120 valence electrons. The zero-order valence-electron chi connectivity index (χ0n) is 11.5. The molecule has 1 aromatic heterocycles. The molecular formula is C13H15BrClN3O2S2. The molecule has 0 amide bonds. The number of aromatic nitrogens is 1. The summed E-state index contributed by atoms with van der Waals surface area (Å²) in [6.07, 6.45) is 0.697. The van der Waals surface area contributed by atoms with E-state index in [4.69, 9.17) is 5.73 Å². The fraction of sp³-hybridized carbons (Fsp3) is 0.308. The summed E-state index contributed by atoms with van der Waals surface area (Å²) in [7, 11) is -3.52. The number of halogens is 2. The van der Waals surface area contributed by atoms with Gasteiger partial charge in [0.05, 0.1) is 0 Å². The van der Waals surface area contributed by atoms with Crippen LogP contribution < -0.4 is 5.73 Å². The monoisotopic (exact) mass is 423 g/mol. The quantitative estimate of drug-likeness (QED) is 0.822. The van der Waals surface area contributed by atoms with Gasteiger partial charge in [0.15, 0.2) is 5.03 Å². The Balaban J connectivity index is 0.00000176. The topological polar surface area (TPSA) is 76.3 Å². The highest BCUT2D eigenvalue weighted by Crippen LogP contribution is 2.29. The largest absolute Gasteiger partial charge is 0.326 e. The van der Waals surface area contributed by atoms with Crippen molar-refractivity contribution in [2.75, 3.05) is 13.1 Å². The fourth-order valence-electron chi connectivity index (χ4n) is 2.21. The first kappa shape index (κ1) is 17.8. The Hall–Kier alpha value is -0.510. The van der Waals surface area contributed by atoms with Gasteiger partial charge in [-0.25, -0.2) is 13.4 Å². The van der Waals surface area contributed by atoms with Crippen LogP contribution in [0.2, 0.25) is 0 Å². The Labute approximate surface area is 148 Å². The average molecular weight is 425 g/mol. The van der Waals surface area contributed by atoms with E-state index < -0.39 is 10.0 Å². The van der Waals surface area contributed by atoms with Crippen LogP contribution in [0.4, 0.5) is 0 Å². The number of hydrogen-bond donors (Lipinski definition) is 1. The molecule has 0 radical (unpaired) electrons. The Bertz CT molecular complexity index is 749. The van der Waals surface area contributed by atoms with Crippen LogP contribution in [-0.4, -0.2) is 36.8 Å². The maximum Gasteiger partial charge on any atom is 0.261 e. The molecule has 2 aromatic rings. The Morgan fingerprint density at radius 3 is 2.59 bits per heavy atom. The molecule has 9 heteroatoms. The summed E-state index contributed by atoms with van der Waals surface area (Å²) in [6, 6.07) is 7.55. The number of hydrogen-bond acceptors (Lipinski definition) is 5. The minimum absolute atomic E-state index is 0. The second kappa shape index (κ2) is 6.94. The molecule has 1 aliphatic rings. The standard InChI is InChI=1S/C13H14BrN3O2S2.ClH/c14-10-3-1-9(2-4-10)13-16-12(8-20-13)21(18,19)17-6-5-11(15)7-17;/h1-4,8,11H,5-7,15H2;1H/t11-;/m1./s1. The lowest BCUT2D eigenvalue weighted by molar-refractivity contribution is 0.470. The summed E-state index contributed by atoms with van der Waals surface area (Å²) >= 11 is 4.71. The van der Waals surface area contributed by atoms with Crippen molar-refractivity contribution >= 4 is 49.7 Å². The number of rotatable bonds is 3. The molecule has 0 spiro atoms. The van der Waals surface area contributed by atoms with E-state index in [2.05, 4.69) is 20.9 Å². The van der Waals surface area contributed by atoms with Crippen LogP contribution in [0.1, 0.15) is 6.42 Å². The highest BCUT2D eigenvalue weighted by atomic mass is 79.9. The lowest BCUT2D eigenvalue weighted by Gasteiger charge is -2.13. The van der Waals surface area contributed by atoms with Gasteiger partial charge >= 0.3 is 0 Å². The Morgan fingerprint density at radius 2 is 2.00 bits per heavy atom. The van der Waals surface area contributed by atoms with Crippen LogP contribution in [0.25, 0.3) is 10.6 Å². The molecule has 2 heterocycles. The minimum atomic E-state index is -3.52. The van der Waals surface area contributed by atoms with Gasteiger partial charge in [-0.15, -0.1) is 23.7 Å². The molecule has 5 nitrogen and oxygen atoms in total. The molecule has 22 heavy (non-hydrogen) atoms. The maximum absolute atomic E-state index is 12.5. The molecule has 0 unspecified atom stereocenters. The van der Waals surface area contributed by atoms with Crippen molar-refractivity contribution in [3.05, 3.63) is 34.1 Å². The Kier molecular flexibility index (Phi) is 5.63. The van der Waals surface area contributed by atoms with Gasteiger partial charge in [-0.1, -0.05) is 28.1 Å². The normalized spacial score (nSPS) is 19.1. The van der Waals surface area contributed by atoms with Crippen molar-refractivity contribution in [3.63, 3.8) is 0 Å². The third-order valence-electron chi connectivity index (χ3n) is 3.37. The van der Waals surface area contributed by atoms with Crippen LogP contribution in [0.15, 0.2) is 39.1 Å². The van der Waals surface area contributed by atoms with Gasteiger partial charge in [0, 0.05) is 34.5 Å². The van der Waals surface area contributed by atoms with E-state index >= 15 is 0 Å². The first-order valence-electron chi connectivity index (χ1n) is 6.44. The summed E-state index contributed by atoms with van der Waals surface area (Å²) in [5.74, 6) is 0. The molecule has 0 bridgehead atoms. The van der Waals surface area contributed by atoms with Crippen LogP contribution >= 0.6 is 39.7 Å². The highest BCUT2D eigenvalue weighted by Gasteiger charge is 2.32. The van der Waals surface area contributed by atoms with E-state index in [0.717, 1.165) is 10.0 Å². The SMILES string of the molecule is Cl.N[C@@H]1CCN(S(=O)(=O)c2csc(-c3ccc(Br)cc3)n2)C1. The second-order valence-corrected chi connectivity index (χ2v) is 8.57. The predicted molar refractivity (Wildman–Crippen MR) is 93.8 cm³/mol. The van der Waals surface area contributed by atoms with E-state index in [1.54, 1.807) is 5.38 Å². The third-order valence-corrected chi connectivity index (χ3v) is 6.68. The molecule has 0 aliphatic carbocycles. The molecule has 2 N–H and O–H groups in total. The highest BCUT2D eigenvalue weighted by molar-refractivity contribution is 9.10.